The summed E-state index contributed by atoms with van der Waals surface area (Å²) >= 11 is 11.6. The van der Waals surface area contributed by atoms with E-state index in [0.717, 1.165) is 22.5 Å². The van der Waals surface area contributed by atoms with Crippen LogP contribution < -0.4 is 5.32 Å². The van der Waals surface area contributed by atoms with Gasteiger partial charge in [-0.05, 0) is 54.6 Å². The van der Waals surface area contributed by atoms with E-state index in [2.05, 4.69) is 53.3 Å². The van der Waals surface area contributed by atoms with E-state index in [1.807, 2.05) is 11.4 Å². The van der Waals surface area contributed by atoms with Crippen molar-refractivity contribution < 1.29 is 0 Å². The van der Waals surface area contributed by atoms with Crippen molar-refractivity contribution >= 4 is 38.9 Å². The molecule has 0 fully saturated rings. The van der Waals surface area contributed by atoms with Gasteiger partial charge in [0, 0.05) is 9.35 Å². The zero-order valence-electron chi connectivity index (χ0n) is 11.0. The van der Waals surface area contributed by atoms with Gasteiger partial charge in [0.1, 0.15) is 0 Å². The van der Waals surface area contributed by atoms with E-state index in [4.69, 9.17) is 11.6 Å². The Hall–Kier alpha value is -0.350. The first-order valence-electron chi connectivity index (χ1n) is 6.35. The molecule has 1 heterocycles. The molecule has 0 bridgehead atoms. The van der Waals surface area contributed by atoms with Gasteiger partial charge in [0.2, 0.25) is 0 Å². The molecule has 1 N–H and O–H groups in total. The van der Waals surface area contributed by atoms with Crippen LogP contribution in [0.4, 0.5) is 0 Å². The molecule has 0 saturated carbocycles. The highest BCUT2D eigenvalue weighted by molar-refractivity contribution is 9.10. The Kier molecular flexibility index (Phi) is 5.46. The fourth-order valence-corrected chi connectivity index (χ4v) is 3.99. The van der Waals surface area contributed by atoms with E-state index in [1.165, 1.54) is 16.0 Å². The van der Waals surface area contributed by atoms with Crippen LogP contribution >= 0.6 is 38.9 Å². The second-order valence-corrected chi connectivity index (χ2v) is 6.85. The first-order valence-corrected chi connectivity index (χ1v) is 8.40. The molecule has 2 rings (SSSR count). The fraction of sp³-hybridized carbons (Fsp3) is 0.333. The van der Waals surface area contributed by atoms with Gasteiger partial charge in [-0.15, -0.1) is 11.3 Å². The van der Waals surface area contributed by atoms with Crippen molar-refractivity contribution in [3.63, 3.8) is 0 Å². The summed E-state index contributed by atoms with van der Waals surface area (Å²) in [6.07, 6.45) is 1.10. The molecule has 1 unspecified atom stereocenters. The predicted octanol–water partition coefficient (Wildman–Crippen LogP) is 5.56. The lowest BCUT2D eigenvalue weighted by atomic mass is 10.0. The number of hydrogen-bond donors (Lipinski definition) is 1. The molecule has 0 aliphatic heterocycles. The lowest BCUT2D eigenvalue weighted by molar-refractivity contribution is 0.605. The van der Waals surface area contributed by atoms with Gasteiger partial charge in [-0.3, -0.25) is 0 Å². The molecule has 1 nitrogen and oxygen atoms in total. The normalized spacial score (nSPS) is 12.6. The van der Waals surface area contributed by atoms with E-state index >= 15 is 0 Å². The Balaban J connectivity index is 2.39. The first kappa shape index (κ1) is 15.0. The summed E-state index contributed by atoms with van der Waals surface area (Å²) in [4.78, 5) is 1.19. The van der Waals surface area contributed by atoms with Crippen LogP contribution in [0.15, 0.2) is 34.1 Å². The van der Waals surface area contributed by atoms with Crippen LogP contribution in [0.25, 0.3) is 0 Å². The molecule has 0 aliphatic carbocycles. The highest BCUT2D eigenvalue weighted by Crippen LogP contribution is 2.34. The van der Waals surface area contributed by atoms with Crippen molar-refractivity contribution in [2.24, 2.45) is 0 Å². The number of rotatable bonds is 5. The van der Waals surface area contributed by atoms with Gasteiger partial charge in [-0.25, -0.2) is 0 Å². The molecular weight excluding hydrogens is 342 g/mol. The maximum Gasteiger partial charge on any atom is 0.0686 e. The second-order valence-electron chi connectivity index (χ2n) is 4.58. The van der Waals surface area contributed by atoms with Crippen molar-refractivity contribution in [1.29, 1.82) is 0 Å². The molecule has 1 aromatic heterocycles. The number of hydrogen-bond acceptors (Lipinski definition) is 2. The highest BCUT2D eigenvalue weighted by atomic mass is 79.9. The Morgan fingerprint density at radius 1 is 1.37 bits per heavy atom. The summed E-state index contributed by atoms with van der Waals surface area (Å²) in [5.41, 5.74) is 2.50. The van der Waals surface area contributed by atoms with Gasteiger partial charge in [-0.1, -0.05) is 40.5 Å². The van der Waals surface area contributed by atoms with Crippen molar-refractivity contribution in [3.8, 4) is 0 Å². The number of halogens is 2. The Morgan fingerprint density at radius 3 is 2.74 bits per heavy atom. The first-order chi connectivity index (χ1) is 9.11. The van der Waals surface area contributed by atoms with Gasteiger partial charge in [0.25, 0.3) is 0 Å². The quantitative estimate of drug-likeness (QED) is 0.737. The molecule has 2 aromatic rings. The average Bonchev–Trinajstić information content (AvgIpc) is 2.75. The molecule has 0 aliphatic rings. The molecule has 0 spiro atoms. The standard InChI is InChI=1S/C15H17BrClNS/c1-3-5-18-14(15-13(17)4-6-19-15)11-7-10(2)8-12(16)9-11/h4,6-9,14,18H,3,5H2,1-2H3. The highest BCUT2D eigenvalue weighted by Gasteiger charge is 2.18. The van der Waals surface area contributed by atoms with Crippen LogP contribution in [0.3, 0.4) is 0 Å². The zero-order valence-corrected chi connectivity index (χ0v) is 14.2. The third kappa shape index (κ3) is 3.82. The second kappa shape index (κ2) is 6.89. The number of benzene rings is 1. The minimum Gasteiger partial charge on any atom is -0.306 e. The van der Waals surface area contributed by atoms with Crippen molar-refractivity contribution in [2.45, 2.75) is 26.3 Å². The Bertz CT molecular complexity index is 533. The topological polar surface area (TPSA) is 12.0 Å². The average molecular weight is 359 g/mol. The Morgan fingerprint density at radius 2 is 2.16 bits per heavy atom. The summed E-state index contributed by atoms with van der Waals surface area (Å²) in [7, 11) is 0. The van der Waals surface area contributed by atoms with Gasteiger partial charge < -0.3 is 5.32 Å². The third-order valence-electron chi connectivity index (χ3n) is 2.90. The molecule has 4 heteroatoms. The lowest BCUT2D eigenvalue weighted by Gasteiger charge is -2.19. The summed E-state index contributed by atoms with van der Waals surface area (Å²) in [5, 5.41) is 6.48. The van der Waals surface area contributed by atoms with Crippen molar-refractivity contribution in [1.82, 2.24) is 5.32 Å². The molecule has 1 aromatic carbocycles. The van der Waals surface area contributed by atoms with E-state index in [-0.39, 0.29) is 6.04 Å². The summed E-state index contributed by atoms with van der Waals surface area (Å²) in [6, 6.07) is 8.64. The van der Waals surface area contributed by atoms with Gasteiger partial charge in [0.15, 0.2) is 0 Å². The van der Waals surface area contributed by atoms with Crippen molar-refractivity contribution in [3.05, 3.63) is 55.1 Å². The summed E-state index contributed by atoms with van der Waals surface area (Å²) in [5.74, 6) is 0. The van der Waals surface area contributed by atoms with Crippen LogP contribution in [-0.2, 0) is 0 Å². The van der Waals surface area contributed by atoms with Crippen molar-refractivity contribution in [2.75, 3.05) is 6.54 Å². The fourth-order valence-electron chi connectivity index (χ4n) is 2.09. The molecule has 1 atom stereocenters. The summed E-state index contributed by atoms with van der Waals surface area (Å²) in [6.45, 7) is 5.26. The van der Waals surface area contributed by atoms with Gasteiger partial charge >= 0.3 is 0 Å². The van der Waals surface area contributed by atoms with Crippen LogP contribution in [0.5, 0.6) is 0 Å². The van der Waals surface area contributed by atoms with Crippen LogP contribution in [0.1, 0.15) is 35.4 Å². The molecule has 19 heavy (non-hydrogen) atoms. The smallest absolute Gasteiger partial charge is 0.0686 e. The molecule has 0 saturated heterocycles. The zero-order chi connectivity index (χ0) is 13.8. The van der Waals surface area contributed by atoms with E-state index < -0.39 is 0 Å². The maximum atomic E-state index is 6.30. The van der Waals surface area contributed by atoms with Gasteiger partial charge in [-0.2, -0.15) is 0 Å². The SMILES string of the molecule is CCCNC(c1cc(C)cc(Br)c1)c1sccc1Cl. The molecule has 0 amide bonds. The largest absolute Gasteiger partial charge is 0.306 e. The molecule has 102 valence electrons. The summed E-state index contributed by atoms with van der Waals surface area (Å²) < 4.78 is 1.11. The minimum atomic E-state index is 0.170. The lowest BCUT2D eigenvalue weighted by Crippen LogP contribution is -2.22. The third-order valence-corrected chi connectivity index (χ3v) is 4.78. The monoisotopic (exact) mass is 357 g/mol. The van der Waals surface area contributed by atoms with E-state index in [1.54, 1.807) is 11.3 Å². The maximum absolute atomic E-state index is 6.30. The number of nitrogens with one attached hydrogen (secondary N) is 1. The van der Waals surface area contributed by atoms with E-state index in [0.29, 0.717) is 0 Å². The Labute approximate surface area is 132 Å². The predicted molar refractivity (Wildman–Crippen MR) is 88.3 cm³/mol. The molecule has 0 radical (unpaired) electrons. The minimum absolute atomic E-state index is 0.170. The number of thiophene rings is 1. The molecular formula is C15H17BrClNS. The number of aryl methyl sites for hydroxylation is 1. The van der Waals surface area contributed by atoms with Crippen LogP contribution in [0, 0.1) is 6.92 Å². The van der Waals surface area contributed by atoms with Crippen LogP contribution in [0.2, 0.25) is 5.02 Å². The van der Waals surface area contributed by atoms with E-state index in [9.17, 15) is 0 Å². The van der Waals surface area contributed by atoms with Gasteiger partial charge in [0.05, 0.1) is 11.1 Å². The van der Waals surface area contributed by atoms with Crippen LogP contribution in [-0.4, -0.2) is 6.54 Å².